The van der Waals surface area contributed by atoms with Gasteiger partial charge in [-0.2, -0.15) is 13.2 Å². The molecule has 0 radical (unpaired) electrons. The number of carbonyl (C=O) groups excluding carboxylic acids is 2. The van der Waals surface area contributed by atoms with E-state index in [1.807, 2.05) is 13.8 Å². The van der Waals surface area contributed by atoms with Crippen LogP contribution in [0.4, 0.5) is 19.0 Å². The number of alkyl halides is 3. The van der Waals surface area contributed by atoms with Gasteiger partial charge in [0.25, 0.3) is 5.91 Å². The van der Waals surface area contributed by atoms with Gasteiger partial charge in [0.2, 0.25) is 15.9 Å². The Morgan fingerprint density at radius 3 is 2.44 bits per heavy atom. The average Bonchev–Trinajstić information content (AvgIpc) is 3.32. The third-order valence-electron chi connectivity index (χ3n) is 5.84. The van der Waals surface area contributed by atoms with Gasteiger partial charge in [-0.15, -0.1) is 0 Å². The van der Waals surface area contributed by atoms with Gasteiger partial charge >= 0.3 is 6.18 Å². The molecule has 14 heteroatoms. The predicted molar refractivity (Wildman–Crippen MR) is 123 cm³/mol. The van der Waals surface area contributed by atoms with Crippen molar-refractivity contribution < 1.29 is 35.7 Å². The molecule has 0 aromatic carbocycles. The molecule has 2 heterocycles. The third kappa shape index (κ3) is 7.26. The number of aromatic nitrogens is 2. The van der Waals surface area contributed by atoms with Crippen molar-refractivity contribution in [1.82, 2.24) is 20.2 Å². The van der Waals surface area contributed by atoms with Gasteiger partial charge in [0, 0.05) is 6.20 Å². The Morgan fingerprint density at radius 1 is 1.17 bits per heavy atom. The molecule has 0 bridgehead atoms. The molecule has 2 aromatic rings. The number of hydrogen-bond donors (Lipinski definition) is 3. The second-order valence-electron chi connectivity index (χ2n) is 8.93. The van der Waals surface area contributed by atoms with Crippen LogP contribution in [0, 0.1) is 5.92 Å². The van der Waals surface area contributed by atoms with Crippen LogP contribution in [-0.4, -0.2) is 49.1 Å². The quantitative estimate of drug-likeness (QED) is 0.450. The van der Waals surface area contributed by atoms with Gasteiger partial charge in [0.1, 0.15) is 35.1 Å². The summed E-state index contributed by atoms with van der Waals surface area (Å²) in [6.45, 7) is 1.99. The molecule has 198 valence electrons. The SMILES string of the molecule is CC(C)c1nocc1C(=O)N[C@H](C(=O)Nc1ccc(S(=O)(=O)NCC(F)(F)F)cn1)C1CCCCC1. The van der Waals surface area contributed by atoms with Gasteiger partial charge in [0.15, 0.2) is 0 Å². The molecular formula is C22H28F3N5O5S. The number of amides is 2. The molecule has 0 saturated heterocycles. The fourth-order valence-electron chi connectivity index (χ4n) is 3.99. The first-order valence-electron chi connectivity index (χ1n) is 11.5. The van der Waals surface area contributed by atoms with Gasteiger partial charge in [-0.25, -0.2) is 18.1 Å². The number of nitrogens with zero attached hydrogens (tertiary/aromatic N) is 2. The Morgan fingerprint density at radius 2 is 1.86 bits per heavy atom. The van der Waals surface area contributed by atoms with E-state index in [0.717, 1.165) is 50.4 Å². The number of halogens is 3. The first-order valence-corrected chi connectivity index (χ1v) is 12.9. The normalized spacial score (nSPS) is 16.1. The molecule has 1 aliphatic carbocycles. The zero-order valence-electron chi connectivity index (χ0n) is 19.8. The summed E-state index contributed by atoms with van der Waals surface area (Å²) < 4.78 is 67.5. The summed E-state index contributed by atoms with van der Waals surface area (Å²) in [5.74, 6) is -1.27. The Labute approximate surface area is 206 Å². The smallest absolute Gasteiger partial charge is 0.364 e. The zero-order chi connectivity index (χ0) is 26.5. The van der Waals surface area contributed by atoms with Gasteiger partial charge in [0.05, 0.1) is 5.69 Å². The van der Waals surface area contributed by atoms with Crippen molar-refractivity contribution in [2.75, 3.05) is 11.9 Å². The molecule has 0 spiro atoms. The van der Waals surface area contributed by atoms with Crippen molar-refractivity contribution in [3.8, 4) is 0 Å². The second kappa shape index (κ2) is 11.4. The lowest BCUT2D eigenvalue weighted by molar-refractivity contribution is -0.121. The summed E-state index contributed by atoms with van der Waals surface area (Å²) in [7, 11) is -4.44. The van der Waals surface area contributed by atoms with Crippen LogP contribution in [0.25, 0.3) is 0 Å². The second-order valence-corrected chi connectivity index (χ2v) is 10.7. The molecule has 1 saturated carbocycles. The number of anilines is 1. The van der Waals surface area contributed by atoms with Crippen LogP contribution in [0.3, 0.4) is 0 Å². The topological polar surface area (TPSA) is 143 Å². The van der Waals surface area contributed by atoms with E-state index in [1.54, 1.807) is 0 Å². The van der Waals surface area contributed by atoms with Crippen LogP contribution in [0.1, 0.15) is 67.9 Å². The minimum atomic E-state index is -4.71. The lowest BCUT2D eigenvalue weighted by Crippen LogP contribution is -2.49. The Bertz CT molecular complexity index is 1160. The van der Waals surface area contributed by atoms with Gasteiger partial charge in [-0.05, 0) is 36.8 Å². The van der Waals surface area contributed by atoms with Crippen molar-refractivity contribution in [1.29, 1.82) is 0 Å². The van der Waals surface area contributed by atoms with E-state index in [0.29, 0.717) is 5.69 Å². The number of carbonyl (C=O) groups is 2. The summed E-state index contributed by atoms with van der Waals surface area (Å²) in [5, 5.41) is 9.20. The van der Waals surface area contributed by atoms with Crippen molar-refractivity contribution in [2.45, 2.75) is 69.0 Å². The van der Waals surface area contributed by atoms with E-state index < -0.39 is 45.5 Å². The minimum Gasteiger partial charge on any atom is -0.364 e. The zero-order valence-corrected chi connectivity index (χ0v) is 20.6. The maximum atomic E-state index is 13.2. The van der Waals surface area contributed by atoms with Gasteiger partial charge in [-0.1, -0.05) is 38.3 Å². The molecule has 0 unspecified atom stereocenters. The number of pyridine rings is 1. The Hall–Kier alpha value is -3.00. The highest BCUT2D eigenvalue weighted by Crippen LogP contribution is 2.28. The third-order valence-corrected chi connectivity index (χ3v) is 7.23. The minimum absolute atomic E-state index is 0.0160. The predicted octanol–water partition coefficient (Wildman–Crippen LogP) is 3.35. The molecular weight excluding hydrogens is 503 g/mol. The molecule has 1 atom stereocenters. The Balaban J connectivity index is 1.74. The van der Waals surface area contributed by atoms with Crippen LogP contribution in [0.2, 0.25) is 0 Å². The largest absolute Gasteiger partial charge is 0.402 e. The summed E-state index contributed by atoms with van der Waals surface area (Å²) in [6.07, 6.45) is 1.66. The van der Waals surface area contributed by atoms with Crippen LogP contribution < -0.4 is 15.4 Å². The van der Waals surface area contributed by atoms with E-state index in [4.69, 9.17) is 4.52 Å². The number of rotatable bonds is 9. The van der Waals surface area contributed by atoms with E-state index in [9.17, 15) is 31.2 Å². The fraction of sp³-hybridized carbons (Fsp3) is 0.545. The van der Waals surface area contributed by atoms with E-state index in [1.165, 1.54) is 11.0 Å². The maximum absolute atomic E-state index is 13.2. The lowest BCUT2D eigenvalue weighted by Gasteiger charge is -2.30. The van der Waals surface area contributed by atoms with E-state index in [-0.39, 0.29) is 23.2 Å². The molecule has 1 fully saturated rings. The highest BCUT2D eigenvalue weighted by molar-refractivity contribution is 7.89. The maximum Gasteiger partial charge on any atom is 0.402 e. The van der Waals surface area contributed by atoms with Crippen molar-refractivity contribution in [3.05, 3.63) is 35.9 Å². The molecule has 3 N–H and O–H groups in total. The first-order chi connectivity index (χ1) is 16.9. The standard InChI is InChI=1S/C22H28F3N5O5S/c1-13(2)18-16(11-35-30-18)20(31)29-19(14-6-4-3-5-7-14)21(32)28-17-9-8-15(10-26-17)36(33,34)27-12-22(23,24)25/h8-11,13-14,19,27H,3-7,12H2,1-2H3,(H,29,31)(H,26,28,32)/t19-/m0/s1. The van der Waals surface area contributed by atoms with Crippen molar-refractivity contribution in [3.63, 3.8) is 0 Å². The number of sulfonamides is 1. The van der Waals surface area contributed by atoms with Crippen LogP contribution in [0.5, 0.6) is 0 Å². The highest BCUT2D eigenvalue weighted by Gasteiger charge is 2.33. The summed E-state index contributed by atoms with van der Waals surface area (Å²) in [5.41, 5.74) is 0.700. The summed E-state index contributed by atoms with van der Waals surface area (Å²) in [4.78, 5) is 29.5. The van der Waals surface area contributed by atoms with Gasteiger partial charge < -0.3 is 15.2 Å². The molecule has 2 aromatic heterocycles. The molecule has 3 rings (SSSR count). The van der Waals surface area contributed by atoms with Crippen molar-refractivity contribution in [2.24, 2.45) is 5.92 Å². The number of nitrogens with one attached hydrogen (secondary N) is 3. The van der Waals surface area contributed by atoms with Crippen molar-refractivity contribution >= 4 is 27.7 Å². The average molecular weight is 532 g/mol. The monoisotopic (exact) mass is 531 g/mol. The van der Waals surface area contributed by atoms with Gasteiger partial charge in [-0.3, -0.25) is 9.59 Å². The fourth-order valence-corrected chi connectivity index (χ4v) is 4.95. The van der Waals surface area contributed by atoms with E-state index >= 15 is 0 Å². The molecule has 1 aliphatic rings. The summed E-state index contributed by atoms with van der Waals surface area (Å²) in [6, 6.07) is 1.30. The molecule has 0 aliphatic heterocycles. The first kappa shape index (κ1) is 27.6. The highest BCUT2D eigenvalue weighted by atomic mass is 32.2. The van der Waals surface area contributed by atoms with Crippen LogP contribution in [0.15, 0.2) is 34.0 Å². The molecule has 2 amide bonds. The molecule has 36 heavy (non-hydrogen) atoms. The van der Waals surface area contributed by atoms with E-state index in [2.05, 4.69) is 20.8 Å². The number of hydrogen-bond acceptors (Lipinski definition) is 7. The lowest BCUT2D eigenvalue weighted by atomic mass is 9.83. The van der Waals surface area contributed by atoms with Crippen LogP contribution in [-0.2, 0) is 14.8 Å². The summed E-state index contributed by atoms with van der Waals surface area (Å²) >= 11 is 0. The Kier molecular flexibility index (Phi) is 8.71. The molecule has 10 nitrogen and oxygen atoms in total. The van der Waals surface area contributed by atoms with Crippen LogP contribution >= 0.6 is 0 Å².